The summed E-state index contributed by atoms with van der Waals surface area (Å²) in [4.78, 5) is 2.54. The van der Waals surface area contributed by atoms with Crippen molar-refractivity contribution in [3.63, 3.8) is 0 Å². The van der Waals surface area contributed by atoms with Gasteiger partial charge in [0.25, 0.3) is 6.43 Å². The Balaban J connectivity index is 3.51. The van der Waals surface area contributed by atoms with E-state index in [1.165, 1.54) is 0 Å². The molecule has 1 aromatic rings. The summed E-state index contributed by atoms with van der Waals surface area (Å²) in [5, 5.41) is 8.27. The van der Waals surface area contributed by atoms with Crippen LogP contribution in [0.15, 0.2) is 6.07 Å². The maximum absolute atomic E-state index is 12.9. The molecule has 0 atom stereocenters. The van der Waals surface area contributed by atoms with Crippen LogP contribution < -0.4 is 0 Å². The molecular formula is C8H2F6N2. The number of pyridine rings is 1. The van der Waals surface area contributed by atoms with Gasteiger partial charge in [-0.25, -0.2) is 18.2 Å². The Morgan fingerprint density at radius 3 is 2.25 bits per heavy atom. The van der Waals surface area contributed by atoms with Crippen molar-refractivity contribution in [1.29, 1.82) is 5.26 Å². The first kappa shape index (κ1) is 12.3. The van der Waals surface area contributed by atoms with Crippen molar-refractivity contribution in [3.05, 3.63) is 28.8 Å². The van der Waals surface area contributed by atoms with E-state index in [1.54, 1.807) is 0 Å². The second-order valence-corrected chi connectivity index (χ2v) is 2.66. The van der Waals surface area contributed by atoms with Crippen molar-refractivity contribution >= 4 is 0 Å². The molecule has 1 heterocycles. The third kappa shape index (κ3) is 2.24. The standard InChI is InChI=1S/C8H2F6N2/c9-4-1-5(7(10)11)16-6(3(4)2-15)8(12,13)14/h1,7H. The van der Waals surface area contributed by atoms with E-state index in [2.05, 4.69) is 4.98 Å². The first-order valence-electron chi connectivity index (χ1n) is 3.73. The lowest BCUT2D eigenvalue weighted by Crippen LogP contribution is -2.14. The highest BCUT2D eigenvalue weighted by molar-refractivity contribution is 5.37. The van der Waals surface area contributed by atoms with E-state index in [0.717, 1.165) is 6.07 Å². The van der Waals surface area contributed by atoms with Gasteiger partial charge < -0.3 is 0 Å². The second-order valence-electron chi connectivity index (χ2n) is 2.66. The highest BCUT2D eigenvalue weighted by atomic mass is 19.4. The van der Waals surface area contributed by atoms with Crippen LogP contribution in [0.2, 0.25) is 0 Å². The molecule has 0 aromatic carbocycles. The molecule has 0 bridgehead atoms. The molecule has 0 spiro atoms. The lowest BCUT2D eigenvalue weighted by Gasteiger charge is -2.10. The summed E-state index contributed by atoms with van der Waals surface area (Å²) >= 11 is 0. The number of hydrogen-bond donors (Lipinski definition) is 0. The Hall–Kier alpha value is -1.78. The van der Waals surface area contributed by atoms with E-state index in [-0.39, 0.29) is 6.07 Å². The minimum Gasteiger partial charge on any atom is -0.241 e. The quantitative estimate of drug-likeness (QED) is 0.707. The van der Waals surface area contributed by atoms with Crippen molar-refractivity contribution in [3.8, 4) is 6.07 Å². The molecule has 0 aliphatic carbocycles. The van der Waals surface area contributed by atoms with Gasteiger partial charge in [-0.2, -0.15) is 18.4 Å². The highest BCUT2D eigenvalue weighted by Crippen LogP contribution is 2.33. The van der Waals surface area contributed by atoms with Gasteiger partial charge in [0.1, 0.15) is 23.1 Å². The molecule has 1 aromatic heterocycles. The zero-order valence-electron chi connectivity index (χ0n) is 7.32. The predicted molar refractivity (Wildman–Crippen MR) is 38.9 cm³/mol. The van der Waals surface area contributed by atoms with Gasteiger partial charge in [0.05, 0.1) is 0 Å². The van der Waals surface area contributed by atoms with E-state index < -0.39 is 35.4 Å². The molecule has 2 nitrogen and oxygen atoms in total. The molecular weight excluding hydrogens is 238 g/mol. The minimum absolute atomic E-state index is 0.110. The van der Waals surface area contributed by atoms with Crippen LogP contribution in [0.1, 0.15) is 23.4 Å². The number of hydrogen-bond acceptors (Lipinski definition) is 2. The number of nitrogens with zero attached hydrogens (tertiary/aromatic N) is 2. The van der Waals surface area contributed by atoms with Gasteiger partial charge in [0.15, 0.2) is 5.69 Å². The van der Waals surface area contributed by atoms with E-state index in [0.29, 0.717) is 0 Å². The van der Waals surface area contributed by atoms with E-state index in [1.807, 2.05) is 0 Å². The number of nitriles is 1. The second kappa shape index (κ2) is 4.00. The molecule has 0 radical (unpaired) electrons. The Labute approximate surface area is 85.1 Å². The van der Waals surface area contributed by atoms with Crippen molar-refractivity contribution in [2.75, 3.05) is 0 Å². The smallest absolute Gasteiger partial charge is 0.241 e. The van der Waals surface area contributed by atoms with E-state index >= 15 is 0 Å². The Morgan fingerprint density at radius 2 is 1.88 bits per heavy atom. The molecule has 16 heavy (non-hydrogen) atoms. The van der Waals surface area contributed by atoms with Crippen LogP contribution in [0.3, 0.4) is 0 Å². The number of rotatable bonds is 1. The van der Waals surface area contributed by atoms with Gasteiger partial charge in [-0.15, -0.1) is 0 Å². The van der Waals surface area contributed by atoms with Crippen LogP contribution in [-0.4, -0.2) is 4.98 Å². The monoisotopic (exact) mass is 240 g/mol. The summed E-state index contributed by atoms with van der Waals surface area (Å²) in [6.07, 6.45) is -8.50. The number of alkyl halides is 5. The zero-order valence-corrected chi connectivity index (χ0v) is 7.32. The highest BCUT2D eigenvalue weighted by Gasteiger charge is 2.38. The lowest BCUT2D eigenvalue weighted by atomic mass is 10.1. The van der Waals surface area contributed by atoms with Crippen molar-refractivity contribution in [2.24, 2.45) is 0 Å². The Morgan fingerprint density at radius 1 is 1.31 bits per heavy atom. The minimum atomic E-state index is -5.16. The third-order valence-electron chi connectivity index (χ3n) is 1.60. The fraction of sp³-hybridized carbons (Fsp3) is 0.250. The van der Waals surface area contributed by atoms with Crippen molar-refractivity contribution < 1.29 is 26.3 Å². The molecule has 0 fully saturated rings. The average Bonchev–Trinajstić information content (AvgIpc) is 2.14. The van der Waals surface area contributed by atoms with Crippen LogP contribution in [0.5, 0.6) is 0 Å². The Bertz CT molecular complexity index is 445. The number of halogens is 6. The van der Waals surface area contributed by atoms with Gasteiger partial charge >= 0.3 is 6.18 Å². The normalized spacial score (nSPS) is 11.6. The molecule has 0 saturated heterocycles. The zero-order chi connectivity index (χ0) is 12.5. The van der Waals surface area contributed by atoms with E-state index in [9.17, 15) is 26.3 Å². The topological polar surface area (TPSA) is 36.7 Å². The van der Waals surface area contributed by atoms with Gasteiger partial charge in [-0.1, -0.05) is 0 Å². The van der Waals surface area contributed by atoms with Crippen molar-refractivity contribution in [1.82, 2.24) is 4.98 Å². The SMILES string of the molecule is N#Cc1c(F)cc(C(F)F)nc1C(F)(F)F. The largest absolute Gasteiger partial charge is 0.434 e. The summed E-state index contributed by atoms with van der Waals surface area (Å²) in [7, 11) is 0. The van der Waals surface area contributed by atoms with Crippen LogP contribution in [-0.2, 0) is 6.18 Å². The summed E-state index contributed by atoms with van der Waals surface area (Å²) in [5.41, 5.74) is -4.69. The first-order chi connectivity index (χ1) is 7.27. The summed E-state index contributed by atoms with van der Waals surface area (Å²) < 4.78 is 73.7. The molecule has 0 N–H and O–H groups in total. The lowest BCUT2D eigenvalue weighted by molar-refractivity contribution is -0.141. The molecule has 0 unspecified atom stereocenters. The summed E-state index contributed by atoms with van der Waals surface area (Å²) in [6.45, 7) is 0. The molecule has 8 heteroatoms. The fourth-order valence-corrected chi connectivity index (χ4v) is 0.956. The Kier molecular flexibility index (Phi) is 3.07. The predicted octanol–water partition coefficient (Wildman–Crippen LogP) is 3.05. The van der Waals surface area contributed by atoms with Gasteiger partial charge in [-0.05, 0) is 0 Å². The van der Waals surface area contributed by atoms with Gasteiger partial charge in [0, 0.05) is 6.07 Å². The molecule has 0 aliphatic heterocycles. The molecule has 0 aliphatic rings. The maximum atomic E-state index is 12.9. The number of aromatic nitrogens is 1. The van der Waals surface area contributed by atoms with Gasteiger partial charge in [-0.3, -0.25) is 0 Å². The molecule has 86 valence electrons. The van der Waals surface area contributed by atoms with Crippen molar-refractivity contribution in [2.45, 2.75) is 12.6 Å². The fourth-order valence-electron chi connectivity index (χ4n) is 0.956. The summed E-state index contributed by atoms with van der Waals surface area (Å²) in [6, 6.07) is 1.04. The molecule has 0 saturated carbocycles. The van der Waals surface area contributed by atoms with Crippen LogP contribution in [0, 0.1) is 17.1 Å². The maximum Gasteiger partial charge on any atom is 0.434 e. The van der Waals surface area contributed by atoms with Crippen LogP contribution in [0.4, 0.5) is 26.3 Å². The van der Waals surface area contributed by atoms with Crippen LogP contribution >= 0.6 is 0 Å². The average molecular weight is 240 g/mol. The third-order valence-corrected chi connectivity index (χ3v) is 1.60. The first-order valence-corrected chi connectivity index (χ1v) is 3.73. The van der Waals surface area contributed by atoms with E-state index in [4.69, 9.17) is 5.26 Å². The molecule has 0 amide bonds. The van der Waals surface area contributed by atoms with Gasteiger partial charge in [0.2, 0.25) is 0 Å². The van der Waals surface area contributed by atoms with Crippen LogP contribution in [0.25, 0.3) is 0 Å². The molecule has 1 rings (SSSR count). The summed E-state index contributed by atoms with van der Waals surface area (Å²) in [5.74, 6) is -1.67.